The largest absolute Gasteiger partial charge is 0.396 e. The number of carbonyl (C=O) groups is 2. The summed E-state index contributed by atoms with van der Waals surface area (Å²) in [5.74, 6) is -0.713. The summed E-state index contributed by atoms with van der Waals surface area (Å²) >= 11 is 11.8. The molecule has 5 nitrogen and oxygen atoms in total. The van der Waals surface area contributed by atoms with Crippen LogP contribution in [0.25, 0.3) is 0 Å². The van der Waals surface area contributed by atoms with Crippen molar-refractivity contribution in [3.05, 3.63) is 57.1 Å². The standard InChI is InChI=1S/C17H17Cl2N3O2/c1-9-3-10(2)5-11(4-9)17(24)21-8-15(23)22-12-6-13(18)16(20)14(19)7-12/h3-7H,8,20H2,1-2H3,(H,21,24)(H,22,23). The third kappa shape index (κ3) is 4.63. The van der Waals surface area contributed by atoms with Gasteiger partial charge in [0.05, 0.1) is 22.3 Å². The minimum Gasteiger partial charge on any atom is -0.396 e. The van der Waals surface area contributed by atoms with Gasteiger partial charge in [-0.3, -0.25) is 9.59 Å². The SMILES string of the molecule is Cc1cc(C)cc(C(=O)NCC(=O)Nc2cc(Cl)c(N)c(Cl)c2)c1. The number of benzene rings is 2. The average molecular weight is 366 g/mol. The molecule has 24 heavy (non-hydrogen) atoms. The molecule has 0 aromatic heterocycles. The van der Waals surface area contributed by atoms with E-state index in [2.05, 4.69) is 10.6 Å². The molecule has 0 aliphatic heterocycles. The number of nitrogens with one attached hydrogen (secondary N) is 2. The van der Waals surface area contributed by atoms with Crippen LogP contribution in [0.1, 0.15) is 21.5 Å². The van der Waals surface area contributed by atoms with Crippen LogP contribution in [0, 0.1) is 13.8 Å². The minimum atomic E-state index is -0.398. The van der Waals surface area contributed by atoms with Gasteiger partial charge in [0.2, 0.25) is 5.91 Å². The highest BCUT2D eigenvalue weighted by atomic mass is 35.5. The molecule has 0 bridgehead atoms. The van der Waals surface area contributed by atoms with E-state index in [9.17, 15) is 9.59 Å². The van der Waals surface area contributed by atoms with Crippen LogP contribution in [-0.2, 0) is 4.79 Å². The van der Waals surface area contributed by atoms with Crippen LogP contribution >= 0.6 is 23.2 Å². The summed E-state index contributed by atoms with van der Waals surface area (Å²) in [4.78, 5) is 24.1. The first kappa shape index (κ1) is 18.1. The van der Waals surface area contributed by atoms with Crippen LogP contribution in [-0.4, -0.2) is 18.4 Å². The van der Waals surface area contributed by atoms with Crippen molar-refractivity contribution in [1.29, 1.82) is 0 Å². The van der Waals surface area contributed by atoms with Crippen molar-refractivity contribution in [2.24, 2.45) is 0 Å². The van der Waals surface area contributed by atoms with Gasteiger partial charge >= 0.3 is 0 Å². The molecule has 2 aromatic rings. The fourth-order valence-electron chi connectivity index (χ4n) is 2.23. The van der Waals surface area contributed by atoms with Gasteiger partial charge in [-0.2, -0.15) is 0 Å². The Balaban J connectivity index is 1.97. The van der Waals surface area contributed by atoms with Crippen molar-refractivity contribution in [3.63, 3.8) is 0 Å². The van der Waals surface area contributed by atoms with E-state index in [1.807, 2.05) is 19.9 Å². The Morgan fingerprint density at radius 1 is 1.00 bits per heavy atom. The summed E-state index contributed by atoms with van der Waals surface area (Å²) in [6, 6.07) is 8.48. The van der Waals surface area contributed by atoms with Gasteiger partial charge in [0.15, 0.2) is 0 Å². The van der Waals surface area contributed by atoms with Gasteiger partial charge in [0.1, 0.15) is 0 Å². The smallest absolute Gasteiger partial charge is 0.251 e. The number of nitrogen functional groups attached to an aromatic ring is 1. The fraction of sp³-hybridized carbons (Fsp3) is 0.176. The zero-order chi connectivity index (χ0) is 17.9. The predicted octanol–water partition coefficient (Wildman–Crippen LogP) is 3.56. The van der Waals surface area contributed by atoms with Crippen LogP contribution in [0.15, 0.2) is 30.3 Å². The molecule has 0 aliphatic carbocycles. The lowest BCUT2D eigenvalue weighted by atomic mass is 10.1. The molecule has 0 unspecified atom stereocenters. The highest BCUT2D eigenvalue weighted by molar-refractivity contribution is 6.39. The fourth-order valence-corrected chi connectivity index (χ4v) is 2.72. The van der Waals surface area contributed by atoms with E-state index < -0.39 is 5.91 Å². The van der Waals surface area contributed by atoms with Gasteiger partial charge in [-0.05, 0) is 38.1 Å². The van der Waals surface area contributed by atoms with Crippen molar-refractivity contribution in [2.45, 2.75) is 13.8 Å². The maximum absolute atomic E-state index is 12.1. The summed E-state index contributed by atoms with van der Waals surface area (Å²) in [5.41, 5.74) is 8.77. The van der Waals surface area contributed by atoms with Gasteiger partial charge in [-0.1, -0.05) is 40.4 Å². The molecule has 2 amide bonds. The molecule has 0 spiro atoms. The van der Waals surface area contributed by atoms with Crippen LogP contribution in [0.3, 0.4) is 0 Å². The Bertz CT molecular complexity index is 763. The Morgan fingerprint density at radius 3 is 2.08 bits per heavy atom. The van der Waals surface area contributed by atoms with Crippen molar-refractivity contribution >= 4 is 46.4 Å². The average Bonchev–Trinajstić information content (AvgIpc) is 2.49. The first-order chi connectivity index (χ1) is 11.3. The van der Waals surface area contributed by atoms with Gasteiger partial charge in [-0.25, -0.2) is 0 Å². The summed E-state index contributed by atoms with van der Waals surface area (Å²) < 4.78 is 0. The Labute approximate surface area is 150 Å². The highest BCUT2D eigenvalue weighted by Crippen LogP contribution is 2.30. The number of hydrogen-bond acceptors (Lipinski definition) is 3. The summed E-state index contributed by atoms with van der Waals surface area (Å²) in [7, 11) is 0. The number of hydrogen-bond donors (Lipinski definition) is 3. The molecule has 0 fully saturated rings. The van der Waals surface area contributed by atoms with Crippen molar-refractivity contribution in [2.75, 3.05) is 17.6 Å². The molecule has 4 N–H and O–H groups in total. The molecule has 0 saturated heterocycles. The molecule has 126 valence electrons. The topological polar surface area (TPSA) is 84.2 Å². The van der Waals surface area contributed by atoms with Crippen LogP contribution in [0.5, 0.6) is 0 Å². The maximum Gasteiger partial charge on any atom is 0.251 e. The highest BCUT2D eigenvalue weighted by Gasteiger charge is 2.11. The van der Waals surface area contributed by atoms with E-state index in [1.54, 1.807) is 12.1 Å². The van der Waals surface area contributed by atoms with Gasteiger partial charge in [-0.15, -0.1) is 0 Å². The number of halogens is 2. The predicted molar refractivity (Wildman–Crippen MR) is 97.8 cm³/mol. The first-order valence-electron chi connectivity index (χ1n) is 7.17. The van der Waals surface area contributed by atoms with Crippen LogP contribution < -0.4 is 16.4 Å². The third-order valence-electron chi connectivity index (χ3n) is 3.26. The number of nitrogens with two attached hydrogens (primary N) is 1. The number of amides is 2. The molecule has 0 aliphatic rings. The molecule has 0 saturated carbocycles. The Morgan fingerprint density at radius 2 is 1.54 bits per heavy atom. The molecular weight excluding hydrogens is 349 g/mol. The second kappa shape index (κ2) is 7.55. The molecule has 0 radical (unpaired) electrons. The zero-order valence-corrected chi connectivity index (χ0v) is 14.8. The molecule has 0 heterocycles. The van der Waals surface area contributed by atoms with Gasteiger partial charge in [0, 0.05) is 11.3 Å². The zero-order valence-electron chi connectivity index (χ0n) is 13.2. The number of aryl methyl sites for hydroxylation is 2. The third-order valence-corrected chi connectivity index (χ3v) is 3.88. The van der Waals surface area contributed by atoms with E-state index in [0.717, 1.165) is 11.1 Å². The van der Waals surface area contributed by atoms with E-state index in [0.29, 0.717) is 11.3 Å². The second-order valence-corrected chi connectivity index (χ2v) is 6.28. The first-order valence-corrected chi connectivity index (χ1v) is 7.92. The number of rotatable bonds is 4. The lowest BCUT2D eigenvalue weighted by Crippen LogP contribution is -2.32. The molecule has 0 atom stereocenters. The van der Waals surface area contributed by atoms with Crippen molar-refractivity contribution in [3.8, 4) is 0 Å². The number of carbonyl (C=O) groups excluding carboxylic acids is 2. The Hall–Kier alpha value is -2.24. The van der Waals surface area contributed by atoms with E-state index >= 15 is 0 Å². The Kier molecular flexibility index (Phi) is 5.70. The molecule has 2 rings (SSSR count). The minimum absolute atomic E-state index is 0.175. The monoisotopic (exact) mass is 365 g/mol. The summed E-state index contributed by atoms with van der Waals surface area (Å²) in [6.45, 7) is 3.64. The van der Waals surface area contributed by atoms with E-state index in [-0.39, 0.29) is 28.2 Å². The van der Waals surface area contributed by atoms with Crippen molar-refractivity contribution < 1.29 is 9.59 Å². The van der Waals surface area contributed by atoms with E-state index in [4.69, 9.17) is 28.9 Å². The lowest BCUT2D eigenvalue weighted by Gasteiger charge is -2.10. The second-order valence-electron chi connectivity index (χ2n) is 5.46. The quantitative estimate of drug-likeness (QED) is 0.724. The van der Waals surface area contributed by atoms with Crippen LogP contribution in [0.4, 0.5) is 11.4 Å². The van der Waals surface area contributed by atoms with Crippen molar-refractivity contribution in [1.82, 2.24) is 5.32 Å². The molecule has 2 aromatic carbocycles. The number of anilines is 2. The summed E-state index contributed by atoms with van der Waals surface area (Å²) in [6.07, 6.45) is 0. The van der Waals surface area contributed by atoms with Gasteiger partial charge in [0.25, 0.3) is 5.91 Å². The summed E-state index contributed by atoms with van der Waals surface area (Å²) in [5, 5.41) is 5.67. The lowest BCUT2D eigenvalue weighted by molar-refractivity contribution is -0.115. The van der Waals surface area contributed by atoms with E-state index in [1.165, 1.54) is 12.1 Å². The molecule has 7 heteroatoms. The van der Waals surface area contributed by atoms with Crippen LogP contribution in [0.2, 0.25) is 10.0 Å². The van der Waals surface area contributed by atoms with Gasteiger partial charge < -0.3 is 16.4 Å². The normalized spacial score (nSPS) is 10.3. The molecular formula is C17H17Cl2N3O2. The maximum atomic E-state index is 12.1.